The molecule has 11 heteroatoms. The van der Waals surface area contributed by atoms with E-state index in [-0.39, 0.29) is 16.7 Å². The maximum Gasteiger partial charge on any atom is 0.342 e. The van der Waals surface area contributed by atoms with Crippen LogP contribution in [-0.2, 0) is 11.4 Å². The van der Waals surface area contributed by atoms with Gasteiger partial charge in [0.25, 0.3) is 5.22 Å². The average Bonchev–Trinajstić information content (AvgIpc) is 3.12. The summed E-state index contributed by atoms with van der Waals surface area (Å²) in [5, 5.41) is 18.3. The fourth-order valence-electron chi connectivity index (χ4n) is 2.45. The van der Waals surface area contributed by atoms with Gasteiger partial charge in [-0.25, -0.2) is 4.79 Å². The van der Waals surface area contributed by atoms with Crippen LogP contribution in [0.5, 0.6) is 11.5 Å². The molecule has 0 amide bonds. The summed E-state index contributed by atoms with van der Waals surface area (Å²) in [7, 11) is 1.51. The van der Waals surface area contributed by atoms with Crippen LogP contribution in [0.15, 0.2) is 44.9 Å². The van der Waals surface area contributed by atoms with Crippen molar-refractivity contribution in [1.82, 2.24) is 10.2 Å². The Morgan fingerprint density at radius 1 is 1.29 bits per heavy atom. The quantitative estimate of drug-likeness (QED) is 0.191. The molecule has 1 N–H and O–H groups in total. The SMILES string of the molecule is COc1cc(/C=C(\Sc2nnc(C)o2)C(=O)O)cc(I)c1OCc1ccc(Cl)cc1Cl. The fraction of sp³-hybridized carbons (Fsp3) is 0.150. The Kier molecular flexibility index (Phi) is 8.09. The van der Waals surface area contributed by atoms with Gasteiger partial charge in [-0.3, -0.25) is 0 Å². The minimum absolute atomic E-state index is 0.0168. The van der Waals surface area contributed by atoms with E-state index in [2.05, 4.69) is 32.8 Å². The van der Waals surface area contributed by atoms with Gasteiger partial charge in [0.05, 0.1) is 10.7 Å². The molecule has 0 unspecified atom stereocenters. The zero-order chi connectivity index (χ0) is 22.5. The monoisotopic (exact) mass is 592 g/mol. The van der Waals surface area contributed by atoms with Crippen molar-refractivity contribution < 1.29 is 23.8 Å². The zero-order valence-corrected chi connectivity index (χ0v) is 20.7. The fourth-order valence-corrected chi connectivity index (χ4v) is 4.41. The molecular weight excluding hydrogens is 578 g/mol. The molecule has 7 nitrogen and oxygen atoms in total. The number of aromatic nitrogens is 2. The third kappa shape index (κ3) is 6.28. The van der Waals surface area contributed by atoms with Gasteiger partial charge >= 0.3 is 5.97 Å². The van der Waals surface area contributed by atoms with Crippen LogP contribution in [0.4, 0.5) is 0 Å². The number of benzene rings is 2. The largest absolute Gasteiger partial charge is 0.493 e. The summed E-state index contributed by atoms with van der Waals surface area (Å²) in [6.07, 6.45) is 1.50. The van der Waals surface area contributed by atoms with Crippen molar-refractivity contribution in [3.63, 3.8) is 0 Å². The molecule has 162 valence electrons. The predicted molar refractivity (Wildman–Crippen MR) is 127 cm³/mol. The lowest BCUT2D eigenvalue weighted by molar-refractivity contribution is -0.131. The van der Waals surface area contributed by atoms with Crippen molar-refractivity contribution in [1.29, 1.82) is 0 Å². The number of methoxy groups -OCH3 is 1. The molecule has 1 heterocycles. The molecule has 3 aromatic rings. The number of carbonyl (C=O) groups is 1. The van der Waals surface area contributed by atoms with E-state index in [0.717, 1.165) is 20.9 Å². The van der Waals surface area contributed by atoms with Gasteiger partial charge in [-0.1, -0.05) is 29.3 Å². The number of rotatable bonds is 8. The van der Waals surface area contributed by atoms with Gasteiger partial charge < -0.3 is 19.0 Å². The predicted octanol–water partition coefficient (Wildman–Crippen LogP) is 6.09. The highest BCUT2D eigenvalue weighted by Gasteiger charge is 2.17. The number of halogens is 3. The number of ether oxygens (including phenoxy) is 2. The molecule has 0 bridgehead atoms. The first-order valence-electron chi connectivity index (χ1n) is 8.64. The molecule has 0 spiro atoms. The minimum Gasteiger partial charge on any atom is -0.493 e. The molecule has 0 fully saturated rings. The van der Waals surface area contributed by atoms with E-state index < -0.39 is 5.97 Å². The van der Waals surface area contributed by atoms with E-state index >= 15 is 0 Å². The molecule has 0 aliphatic heterocycles. The maximum atomic E-state index is 11.7. The molecule has 31 heavy (non-hydrogen) atoms. The number of nitrogens with zero attached hydrogens (tertiary/aromatic N) is 2. The molecule has 0 aliphatic rings. The Balaban J connectivity index is 1.86. The number of hydrogen-bond acceptors (Lipinski definition) is 7. The number of hydrogen-bond donors (Lipinski definition) is 1. The average molecular weight is 593 g/mol. The summed E-state index contributed by atoms with van der Waals surface area (Å²) in [4.78, 5) is 11.7. The molecule has 0 saturated carbocycles. The van der Waals surface area contributed by atoms with Gasteiger partial charge in [0, 0.05) is 22.5 Å². The van der Waals surface area contributed by atoms with Crippen LogP contribution in [0.25, 0.3) is 6.08 Å². The highest BCUT2D eigenvalue weighted by Crippen LogP contribution is 2.37. The topological polar surface area (TPSA) is 94.7 Å². The number of carboxylic acid groups (broad SMARTS) is 1. The lowest BCUT2D eigenvalue weighted by atomic mass is 10.2. The summed E-state index contributed by atoms with van der Waals surface area (Å²) in [5.74, 6) is 0.202. The van der Waals surface area contributed by atoms with Gasteiger partial charge in [-0.2, -0.15) is 0 Å². The van der Waals surface area contributed by atoms with Crippen LogP contribution < -0.4 is 9.47 Å². The van der Waals surface area contributed by atoms with E-state index in [9.17, 15) is 9.90 Å². The third-order valence-corrected chi connectivity index (χ3v) is 6.09. The number of aryl methyl sites for hydroxylation is 1. The molecule has 0 atom stereocenters. The Morgan fingerprint density at radius 2 is 2.06 bits per heavy atom. The Hall–Kier alpha value is -1.95. The smallest absolute Gasteiger partial charge is 0.342 e. The Morgan fingerprint density at radius 3 is 2.68 bits per heavy atom. The highest BCUT2D eigenvalue weighted by molar-refractivity contribution is 14.1. The summed E-state index contributed by atoms with van der Waals surface area (Å²) >= 11 is 15.1. The van der Waals surface area contributed by atoms with Gasteiger partial charge in [0.15, 0.2) is 11.5 Å². The first-order chi connectivity index (χ1) is 14.8. The van der Waals surface area contributed by atoms with Crippen molar-refractivity contribution >= 4 is 69.6 Å². The standard InChI is InChI=1S/C20H15Cl2IN2O5S/c1-10-24-25-20(30-10)31-17(19(26)27)7-11-5-15(23)18(16(6-11)28-2)29-9-12-3-4-13(21)8-14(12)22/h3-8H,9H2,1-2H3,(H,26,27)/b17-7-. The molecule has 0 aliphatic carbocycles. The van der Waals surface area contributed by atoms with Gasteiger partial charge in [0.1, 0.15) is 11.5 Å². The molecule has 0 radical (unpaired) electrons. The van der Waals surface area contributed by atoms with Crippen molar-refractivity contribution in [2.45, 2.75) is 18.8 Å². The van der Waals surface area contributed by atoms with Crippen LogP contribution in [0.2, 0.25) is 10.0 Å². The molecule has 2 aromatic carbocycles. The Labute approximate surface area is 205 Å². The van der Waals surface area contributed by atoms with E-state index in [0.29, 0.717) is 33.0 Å². The van der Waals surface area contributed by atoms with Crippen LogP contribution in [0, 0.1) is 10.5 Å². The summed E-state index contributed by atoms with van der Waals surface area (Å²) in [6, 6.07) is 8.64. The lowest BCUT2D eigenvalue weighted by Gasteiger charge is -2.14. The lowest BCUT2D eigenvalue weighted by Crippen LogP contribution is -2.01. The van der Waals surface area contributed by atoms with Crippen LogP contribution in [0.3, 0.4) is 0 Å². The minimum atomic E-state index is -1.12. The van der Waals surface area contributed by atoms with Crippen molar-refractivity contribution in [3.8, 4) is 11.5 Å². The second-order valence-electron chi connectivity index (χ2n) is 6.06. The van der Waals surface area contributed by atoms with Crippen molar-refractivity contribution in [2.24, 2.45) is 0 Å². The number of carboxylic acids is 1. The van der Waals surface area contributed by atoms with Gasteiger partial charge in [-0.05, 0) is 70.3 Å². The molecular formula is C20H15Cl2IN2O5S. The van der Waals surface area contributed by atoms with E-state index in [4.69, 9.17) is 37.1 Å². The number of thioether (sulfide) groups is 1. The second-order valence-corrected chi connectivity index (χ2v) is 9.06. The van der Waals surface area contributed by atoms with E-state index in [1.807, 2.05) is 0 Å². The van der Waals surface area contributed by atoms with Gasteiger partial charge in [-0.15, -0.1) is 10.2 Å². The summed E-state index contributed by atoms with van der Waals surface area (Å²) in [6.45, 7) is 1.84. The maximum absolute atomic E-state index is 11.7. The zero-order valence-electron chi connectivity index (χ0n) is 16.2. The van der Waals surface area contributed by atoms with Gasteiger partial charge in [0.2, 0.25) is 5.89 Å². The normalized spacial score (nSPS) is 11.5. The van der Waals surface area contributed by atoms with Crippen molar-refractivity contribution in [2.75, 3.05) is 7.11 Å². The van der Waals surface area contributed by atoms with Crippen molar-refractivity contribution in [3.05, 3.63) is 65.9 Å². The van der Waals surface area contributed by atoms with Crippen LogP contribution in [-0.4, -0.2) is 28.4 Å². The first kappa shape index (κ1) is 23.7. The summed E-state index contributed by atoms with van der Waals surface area (Å²) < 4.78 is 17.4. The Bertz CT molecular complexity index is 1150. The van der Waals surface area contributed by atoms with Crippen LogP contribution in [0.1, 0.15) is 17.0 Å². The molecule has 3 rings (SSSR count). The first-order valence-corrected chi connectivity index (χ1v) is 11.3. The molecule has 0 saturated heterocycles. The highest BCUT2D eigenvalue weighted by atomic mass is 127. The van der Waals surface area contributed by atoms with E-state index in [1.165, 1.54) is 13.2 Å². The second kappa shape index (κ2) is 10.6. The molecule has 1 aromatic heterocycles. The summed E-state index contributed by atoms with van der Waals surface area (Å²) in [5.41, 5.74) is 1.38. The number of aliphatic carboxylic acids is 1. The van der Waals surface area contributed by atoms with E-state index in [1.54, 1.807) is 37.3 Å². The third-order valence-electron chi connectivity index (χ3n) is 3.85. The van der Waals surface area contributed by atoms with Crippen LogP contribution >= 0.6 is 57.6 Å².